The van der Waals surface area contributed by atoms with Crippen molar-refractivity contribution >= 4 is 71.1 Å². The second-order valence-corrected chi connectivity index (χ2v) is 15.4. The molecular formula is C29H36Cl2N2O10PS+. The normalized spacial score (nSPS) is 14.9. The Kier molecular flexibility index (Phi) is 11.3. The number of nitrogens with zero attached hydrogens (tertiary/aromatic N) is 2. The fourth-order valence-electron chi connectivity index (χ4n) is 4.10. The summed E-state index contributed by atoms with van der Waals surface area (Å²) in [5.74, 6) is -4.45. The van der Waals surface area contributed by atoms with E-state index in [-0.39, 0.29) is 26.5 Å². The van der Waals surface area contributed by atoms with Gasteiger partial charge in [0.2, 0.25) is 5.91 Å². The molecule has 246 valence electrons. The van der Waals surface area contributed by atoms with E-state index >= 15 is 0 Å². The number of anilines is 2. The maximum Gasteiger partial charge on any atom is 0.500 e. The number of amides is 1. The Morgan fingerprint density at radius 2 is 1.56 bits per heavy atom. The van der Waals surface area contributed by atoms with Crippen molar-refractivity contribution in [1.82, 2.24) is 0 Å². The van der Waals surface area contributed by atoms with Gasteiger partial charge in [0.25, 0.3) is 10.0 Å². The number of hydrogen-bond acceptors (Lipinski definition) is 10. The van der Waals surface area contributed by atoms with Crippen molar-refractivity contribution in [2.75, 3.05) is 29.1 Å². The van der Waals surface area contributed by atoms with Crippen LogP contribution in [0, 0.1) is 10.8 Å². The molecule has 1 heterocycles. The summed E-state index contributed by atoms with van der Waals surface area (Å²) in [4.78, 5) is 39.0. The molecular weight excluding hydrogens is 670 g/mol. The van der Waals surface area contributed by atoms with Crippen LogP contribution in [0.25, 0.3) is 0 Å². The summed E-state index contributed by atoms with van der Waals surface area (Å²) in [6.07, 6.45) is 0.432. The molecule has 16 heteroatoms. The molecule has 0 aliphatic carbocycles. The Morgan fingerprint density at radius 3 is 2.09 bits per heavy atom. The maximum absolute atomic E-state index is 14.3. The second kappa shape index (κ2) is 13.9. The van der Waals surface area contributed by atoms with Crippen LogP contribution in [0.5, 0.6) is 0 Å². The number of esters is 2. The van der Waals surface area contributed by atoms with Gasteiger partial charge in [0, 0.05) is 29.2 Å². The topological polar surface area (TPSA) is 146 Å². The van der Waals surface area contributed by atoms with Gasteiger partial charge in [-0.3, -0.25) is 23.4 Å². The van der Waals surface area contributed by atoms with Gasteiger partial charge in [-0.05, 0) is 94.5 Å². The number of benzene rings is 2. The van der Waals surface area contributed by atoms with Crippen LogP contribution in [0.2, 0.25) is 10.0 Å². The summed E-state index contributed by atoms with van der Waals surface area (Å²) in [7, 11) is -6.22. The van der Waals surface area contributed by atoms with E-state index in [1.54, 1.807) is 37.8 Å². The highest BCUT2D eigenvalue weighted by molar-refractivity contribution is 7.92. The van der Waals surface area contributed by atoms with Crippen molar-refractivity contribution in [1.29, 1.82) is 0 Å². The van der Waals surface area contributed by atoms with Crippen molar-refractivity contribution in [2.45, 2.75) is 65.8 Å². The van der Waals surface area contributed by atoms with Crippen LogP contribution in [0.4, 0.5) is 11.4 Å². The minimum atomic E-state index is -4.61. The number of fused-ring (bicyclic) bond motifs is 1. The molecule has 45 heavy (non-hydrogen) atoms. The van der Waals surface area contributed by atoms with Gasteiger partial charge >= 0.3 is 26.6 Å². The van der Waals surface area contributed by atoms with Gasteiger partial charge in [-0.15, -0.1) is 0 Å². The zero-order valence-corrected chi connectivity index (χ0v) is 29.3. The number of rotatable bonds is 11. The molecule has 0 saturated carbocycles. The van der Waals surface area contributed by atoms with Gasteiger partial charge in [-0.2, -0.15) is 0 Å². The lowest BCUT2D eigenvalue weighted by Crippen LogP contribution is -2.52. The largest absolute Gasteiger partial charge is 0.500 e. The zero-order valence-electron chi connectivity index (χ0n) is 25.9. The quantitative estimate of drug-likeness (QED) is 0.158. The highest BCUT2D eigenvalue weighted by atomic mass is 35.5. The SMILES string of the molecule is CC(=O)N1CCc2cc(N(CC(OCOC(=O)C(C)(C)C)(O[PH+]=O)OC(=O)C(C)(C)C)S(=O)(=O)c3cc(Cl)cc(Cl)c3)ccc21. The lowest BCUT2D eigenvalue weighted by Gasteiger charge is -2.35. The van der Waals surface area contributed by atoms with Gasteiger partial charge in [0.1, 0.15) is 6.54 Å². The summed E-state index contributed by atoms with van der Waals surface area (Å²) in [6.45, 7) is 9.43. The average Bonchev–Trinajstić information content (AvgIpc) is 3.34. The molecule has 0 aromatic heterocycles. The number of halogens is 2. The van der Waals surface area contributed by atoms with Gasteiger partial charge in [-0.25, -0.2) is 8.42 Å². The molecule has 2 aromatic carbocycles. The first kappa shape index (κ1) is 36.7. The Hall–Kier alpha value is -2.80. The molecule has 0 N–H and O–H groups in total. The lowest BCUT2D eigenvalue weighted by atomic mass is 9.97. The molecule has 0 fully saturated rings. The molecule has 1 amide bonds. The number of carbonyl (C=O) groups excluding carboxylic acids is 3. The van der Waals surface area contributed by atoms with E-state index in [0.717, 1.165) is 4.31 Å². The van der Waals surface area contributed by atoms with E-state index in [9.17, 15) is 27.4 Å². The van der Waals surface area contributed by atoms with Crippen molar-refractivity contribution in [2.24, 2.45) is 10.8 Å². The summed E-state index contributed by atoms with van der Waals surface area (Å²) >= 11 is 12.3. The highest BCUT2D eigenvalue weighted by Crippen LogP contribution is 2.37. The molecule has 0 saturated heterocycles. The lowest BCUT2D eigenvalue weighted by molar-refractivity contribution is -0.338. The minimum Gasteiger partial charge on any atom is -0.438 e. The molecule has 2 unspecified atom stereocenters. The van der Waals surface area contributed by atoms with Crippen LogP contribution in [-0.2, 0) is 54.1 Å². The Balaban J connectivity index is 2.21. The predicted molar refractivity (Wildman–Crippen MR) is 169 cm³/mol. The molecule has 0 spiro atoms. The van der Waals surface area contributed by atoms with Gasteiger partial charge in [0.05, 0.1) is 21.4 Å². The third kappa shape index (κ3) is 8.93. The number of hydrogen-bond donors (Lipinski definition) is 0. The smallest absolute Gasteiger partial charge is 0.438 e. The van der Waals surface area contributed by atoms with E-state index in [0.29, 0.717) is 24.2 Å². The molecule has 3 rings (SSSR count). The van der Waals surface area contributed by atoms with E-state index in [1.807, 2.05) is 0 Å². The standard InChI is InChI=1S/C29H36Cl2N2O10PS/c1-18(34)32-11-10-19-12-22(8-9-24(19)32)33(45(38,39)23-14-20(30)13-21(31)15-23)16-29(43-44-37,42-26(36)28(5,6)7)41-17-40-25(35)27(2,3)4/h8-9,12-15,44H,10-11,16-17H2,1-7H3/q+1. The van der Waals surface area contributed by atoms with E-state index in [4.69, 9.17) is 41.9 Å². The highest BCUT2D eigenvalue weighted by Gasteiger charge is 2.49. The Bertz CT molecular complexity index is 1570. The second-order valence-electron chi connectivity index (χ2n) is 12.3. The van der Waals surface area contributed by atoms with Crippen molar-refractivity contribution < 1.29 is 46.1 Å². The fourth-order valence-corrected chi connectivity index (χ4v) is 6.58. The summed E-state index contributed by atoms with van der Waals surface area (Å²) < 4.78 is 63.2. The fraction of sp³-hybridized carbons (Fsp3) is 0.483. The molecule has 2 aromatic rings. The predicted octanol–water partition coefficient (Wildman–Crippen LogP) is 5.86. The zero-order chi connectivity index (χ0) is 34.0. The first-order valence-electron chi connectivity index (χ1n) is 13.7. The molecule has 0 bridgehead atoms. The van der Waals surface area contributed by atoms with Crippen molar-refractivity contribution in [3.63, 3.8) is 0 Å². The van der Waals surface area contributed by atoms with Gasteiger partial charge in [-0.1, -0.05) is 27.7 Å². The first-order chi connectivity index (χ1) is 20.7. The summed E-state index contributed by atoms with van der Waals surface area (Å²) in [5.41, 5.74) is -0.771. The summed E-state index contributed by atoms with van der Waals surface area (Å²) in [5, 5.41) is 0.0558. The molecule has 1 aliphatic heterocycles. The third-order valence-electron chi connectivity index (χ3n) is 6.53. The van der Waals surface area contributed by atoms with E-state index in [2.05, 4.69) is 0 Å². The summed E-state index contributed by atoms with van der Waals surface area (Å²) in [6, 6.07) is 8.27. The van der Waals surface area contributed by atoms with Gasteiger partial charge in [0.15, 0.2) is 6.79 Å². The number of sulfonamides is 1. The monoisotopic (exact) mass is 705 g/mol. The van der Waals surface area contributed by atoms with E-state index in [1.165, 1.54) is 52.0 Å². The third-order valence-corrected chi connectivity index (χ3v) is 9.11. The molecule has 12 nitrogen and oxygen atoms in total. The first-order valence-corrected chi connectivity index (χ1v) is 16.7. The average molecular weight is 707 g/mol. The molecule has 1 aliphatic rings. The number of carbonyl (C=O) groups is 3. The van der Waals surface area contributed by atoms with Crippen LogP contribution in [0.1, 0.15) is 54.0 Å². The molecule has 0 radical (unpaired) electrons. The Labute approximate surface area is 274 Å². The molecule has 2 atom stereocenters. The van der Waals surface area contributed by atoms with Crippen LogP contribution < -0.4 is 9.21 Å². The Morgan fingerprint density at radius 1 is 0.956 bits per heavy atom. The number of ether oxygens (including phenoxy) is 3. The van der Waals surface area contributed by atoms with Crippen LogP contribution in [-0.4, -0.2) is 52.1 Å². The van der Waals surface area contributed by atoms with Crippen molar-refractivity contribution in [3.8, 4) is 0 Å². The van der Waals surface area contributed by atoms with Crippen LogP contribution in [0.3, 0.4) is 0 Å². The van der Waals surface area contributed by atoms with E-state index < -0.39 is 60.8 Å². The van der Waals surface area contributed by atoms with Crippen molar-refractivity contribution in [3.05, 3.63) is 52.0 Å². The van der Waals surface area contributed by atoms with Crippen LogP contribution in [0.15, 0.2) is 41.3 Å². The van der Waals surface area contributed by atoms with Gasteiger partial charge < -0.3 is 14.4 Å². The maximum atomic E-state index is 14.3. The minimum absolute atomic E-state index is 0.0279. The van der Waals surface area contributed by atoms with Crippen LogP contribution >= 0.6 is 31.9 Å².